The third-order valence-corrected chi connectivity index (χ3v) is 3.26. The molecule has 3 N–H and O–H groups in total. The number of anilines is 1. The zero-order valence-corrected chi connectivity index (χ0v) is 12.0. The van der Waals surface area contributed by atoms with Crippen LogP contribution in [0.1, 0.15) is 30.4 Å². The zero-order chi connectivity index (χ0) is 13.5. The van der Waals surface area contributed by atoms with Gasteiger partial charge < -0.3 is 15.7 Å². The average molecular weight is 266 g/mol. The van der Waals surface area contributed by atoms with Crippen LogP contribution >= 0.6 is 12.2 Å². The Morgan fingerprint density at radius 1 is 1.33 bits per heavy atom. The Kier molecular flexibility index (Phi) is 6.09. The summed E-state index contributed by atoms with van der Waals surface area (Å²) in [6.45, 7) is 3.29. The van der Waals surface area contributed by atoms with E-state index in [9.17, 15) is 0 Å². The molecule has 18 heavy (non-hydrogen) atoms. The van der Waals surface area contributed by atoms with Crippen molar-refractivity contribution in [3.05, 3.63) is 29.3 Å². The van der Waals surface area contributed by atoms with Gasteiger partial charge in [-0.1, -0.05) is 24.4 Å². The Balaban J connectivity index is 2.77. The summed E-state index contributed by atoms with van der Waals surface area (Å²) in [5.74, 6) is 0. The summed E-state index contributed by atoms with van der Waals surface area (Å²) < 4.78 is 0. The number of unbranched alkanes of at least 4 members (excludes halogenated alkanes) is 2. The molecule has 1 aromatic carbocycles. The minimum absolute atomic E-state index is 0.270. The fraction of sp³-hybridized carbons (Fsp3) is 0.500. The molecule has 0 spiro atoms. The Morgan fingerprint density at radius 2 is 2.06 bits per heavy atom. The van der Waals surface area contributed by atoms with Crippen molar-refractivity contribution in [3.63, 3.8) is 0 Å². The van der Waals surface area contributed by atoms with Gasteiger partial charge in [0.2, 0.25) is 0 Å². The predicted octanol–water partition coefficient (Wildman–Crippen LogP) is 2.23. The number of aryl methyl sites for hydroxylation is 1. The first kappa shape index (κ1) is 14.9. The number of aliphatic hydroxyl groups excluding tert-OH is 1. The Hall–Kier alpha value is -1.13. The van der Waals surface area contributed by atoms with Crippen molar-refractivity contribution in [2.24, 2.45) is 5.73 Å². The SMILES string of the molecule is Cc1cccc(C(N)=S)c1N(C)CCCCCO. The van der Waals surface area contributed by atoms with E-state index in [-0.39, 0.29) is 6.61 Å². The highest BCUT2D eigenvalue weighted by molar-refractivity contribution is 7.80. The Bertz CT molecular complexity index is 407. The first-order valence-corrected chi connectivity index (χ1v) is 6.70. The van der Waals surface area contributed by atoms with Crippen molar-refractivity contribution in [1.82, 2.24) is 0 Å². The van der Waals surface area contributed by atoms with E-state index in [1.807, 2.05) is 12.1 Å². The number of aliphatic hydroxyl groups is 1. The molecule has 1 rings (SSSR count). The lowest BCUT2D eigenvalue weighted by Gasteiger charge is -2.24. The van der Waals surface area contributed by atoms with Crippen LogP contribution in [0.25, 0.3) is 0 Å². The second-order valence-electron chi connectivity index (χ2n) is 4.54. The van der Waals surface area contributed by atoms with Crippen LogP contribution in [0.2, 0.25) is 0 Å². The maximum Gasteiger partial charge on any atom is 0.106 e. The fourth-order valence-corrected chi connectivity index (χ4v) is 2.28. The van der Waals surface area contributed by atoms with Crippen LogP contribution in [-0.2, 0) is 0 Å². The van der Waals surface area contributed by atoms with Crippen molar-refractivity contribution in [2.45, 2.75) is 26.2 Å². The Labute approximate surface area is 115 Å². The number of para-hydroxylation sites is 1. The third-order valence-electron chi connectivity index (χ3n) is 3.04. The van der Waals surface area contributed by atoms with Crippen LogP contribution in [0, 0.1) is 6.92 Å². The molecule has 0 atom stereocenters. The highest BCUT2D eigenvalue weighted by Gasteiger charge is 2.11. The lowest BCUT2D eigenvalue weighted by Crippen LogP contribution is -2.24. The van der Waals surface area contributed by atoms with Crippen molar-refractivity contribution in [2.75, 3.05) is 25.1 Å². The van der Waals surface area contributed by atoms with Crippen molar-refractivity contribution in [1.29, 1.82) is 0 Å². The highest BCUT2D eigenvalue weighted by atomic mass is 32.1. The maximum atomic E-state index is 8.76. The number of nitrogens with two attached hydrogens (primary N) is 1. The van der Waals surface area contributed by atoms with Crippen molar-refractivity contribution in [3.8, 4) is 0 Å². The molecule has 1 aromatic rings. The number of nitrogens with zero attached hydrogens (tertiary/aromatic N) is 1. The summed E-state index contributed by atoms with van der Waals surface area (Å²) >= 11 is 5.10. The number of thiocarbonyl (C=S) groups is 1. The number of hydrogen-bond acceptors (Lipinski definition) is 3. The molecule has 0 amide bonds. The average Bonchev–Trinajstić information content (AvgIpc) is 2.34. The summed E-state index contributed by atoms with van der Waals surface area (Å²) in [5.41, 5.74) is 9.01. The van der Waals surface area contributed by atoms with Crippen LogP contribution in [0.5, 0.6) is 0 Å². The molecule has 0 aliphatic rings. The van der Waals surface area contributed by atoms with Gasteiger partial charge in [-0.3, -0.25) is 0 Å². The molecule has 0 unspecified atom stereocenters. The molecule has 0 aromatic heterocycles. The monoisotopic (exact) mass is 266 g/mol. The van der Waals surface area contributed by atoms with Gasteiger partial charge in [0.1, 0.15) is 4.99 Å². The van der Waals surface area contributed by atoms with E-state index in [4.69, 9.17) is 23.1 Å². The second kappa shape index (κ2) is 7.34. The minimum Gasteiger partial charge on any atom is -0.396 e. The molecule has 0 heterocycles. The molecular weight excluding hydrogens is 244 g/mol. The molecule has 3 nitrogen and oxygen atoms in total. The molecule has 0 saturated carbocycles. The molecular formula is C14H22N2OS. The van der Waals surface area contributed by atoms with Gasteiger partial charge in [-0.15, -0.1) is 0 Å². The first-order valence-electron chi connectivity index (χ1n) is 6.29. The molecule has 0 fully saturated rings. The van der Waals surface area contributed by atoms with Gasteiger partial charge in [0.15, 0.2) is 0 Å². The summed E-state index contributed by atoms with van der Waals surface area (Å²) in [5, 5.41) is 8.76. The molecule has 0 bridgehead atoms. The van der Waals surface area contributed by atoms with Gasteiger partial charge in [-0.2, -0.15) is 0 Å². The third kappa shape index (κ3) is 3.96. The van der Waals surface area contributed by atoms with E-state index in [2.05, 4.69) is 24.9 Å². The smallest absolute Gasteiger partial charge is 0.106 e. The van der Waals surface area contributed by atoms with Gasteiger partial charge in [0, 0.05) is 31.5 Å². The standard InChI is InChI=1S/C14H22N2OS/c1-11-7-6-8-12(14(15)18)13(11)16(2)9-4-3-5-10-17/h6-8,17H,3-5,9-10H2,1-2H3,(H2,15,18). The topological polar surface area (TPSA) is 49.5 Å². The van der Waals surface area contributed by atoms with Crippen LogP contribution < -0.4 is 10.6 Å². The van der Waals surface area contributed by atoms with Gasteiger partial charge in [-0.05, 0) is 37.8 Å². The highest BCUT2D eigenvalue weighted by Crippen LogP contribution is 2.24. The fourth-order valence-electron chi connectivity index (χ4n) is 2.11. The molecule has 0 aliphatic carbocycles. The molecule has 0 saturated heterocycles. The van der Waals surface area contributed by atoms with E-state index in [1.54, 1.807) is 0 Å². The van der Waals surface area contributed by atoms with Crippen LogP contribution in [0.4, 0.5) is 5.69 Å². The summed E-state index contributed by atoms with van der Waals surface area (Å²) in [6, 6.07) is 6.02. The number of hydrogen-bond donors (Lipinski definition) is 2. The quantitative estimate of drug-likeness (QED) is 0.587. The zero-order valence-electron chi connectivity index (χ0n) is 11.1. The summed E-state index contributed by atoms with van der Waals surface area (Å²) in [7, 11) is 2.06. The van der Waals surface area contributed by atoms with Crippen LogP contribution in [0.15, 0.2) is 18.2 Å². The molecule has 100 valence electrons. The van der Waals surface area contributed by atoms with E-state index >= 15 is 0 Å². The lowest BCUT2D eigenvalue weighted by molar-refractivity contribution is 0.283. The minimum atomic E-state index is 0.270. The number of rotatable bonds is 7. The Morgan fingerprint density at radius 3 is 2.67 bits per heavy atom. The molecule has 4 heteroatoms. The van der Waals surface area contributed by atoms with Gasteiger partial charge in [0.05, 0.1) is 0 Å². The summed E-state index contributed by atoms with van der Waals surface area (Å²) in [6.07, 6.45) is 2.96. The van der Waals surface area contributed by atoms with E-state index in [0.717, 1.165) is 37.1 Å². The van der Waals surface area contributed by atoms with E-state index < -0.39 is 0 Å². The first-order chi connectivity index (χ1) is 8.57. The molecule has 0 radical (unpaired) electrons. The van der Waals surface area contributed by atoms with Gasteiger partial charge in [0.25, 0.3) is 0 Å². The van der Waals surface area contributed by atoms with Gasteiger partial charge >= 0.3 is 0 Å². The normalized spacial score (nSPS) is 10.4. The van der Waals surface area contributed by atoms with Crippen LogP contribution in [0.3, 0.4) is 0 Å². The van der Waals surface area contributed by atoms with Crippen molar-refractivity contribution >= 4 is 22.9 Å². The van der Waals surface area contributed by atoms with E-state index in [0.29, 0.717) is 4.99 Å². The second-order valence-corrected chi connectivity index (χ2v) is 4.98. The maximum absolute atomic E-state index is 8.76. The number of benzene rings is 1. The van der Waals surface area contributed by atoms with E-state index in [1.165, 1.54) is 5.56 Å². The molecule has 0 aliphatic heterocycles. The lowest BCUT2D eigenvalue weighted by atomic mass is 10.1. The predicted molar refractivity (Wildman–Crippen MR) is 81.3 cm³/mol. The summed E-state index contributed by atoms with van der Waals surface area (Å²) in [4.78, 5) is 2.64. The van der Waals surface area contributed by atoms with Gasteiger partial charge in [-0.25, -0.2) is 0 Å². The largest absolute Gasteiger partial charge is 0.396 e. The van der Waals surface area contributed by atoms with Crippen molar-refractivity contribution < 1.29 is 5.11 Å². The van der Waals surface area contributed by atoms with Crippen LogP contribution in [-0.4, -0.2) is 30.3 Å².